The van der Waals surface area contributed by atoms with Gasteiger partial charge in [-0.2, -0.15) is 18.3 Å². The Morgan fingerprint density at radius 1 is 1.30 bits per heavy atom. The Morgan fingerprint density at radius 2 is 2.07 bits per heavy atom. The number of pyridine rings is 2. The second kappa shape index (κ2) is 7.90. The minimum absolute atomic E-state index is 0.0675. The molecule has 0 aromatic carbocycles. The summed E-state index contributed by atoms with van der Waals surface area (Å²) in [6.07, 6.45) is -0.692. The van der Waals surface area contributed by atoms with Crippen LogP contribution in [0.2, 0.25) is 0 Å². The van der Waals surface area contributed by atoms with E-state index in [1.54, 1.807) is 12.3 Å². The number of hydrogen-bond donors (Lipinski definition) is 3. The van der Waals surface area contributed by atoms with Gasteiger partial charge in [0.15, 0.2) is 0 Å². The maximum Gasteiger partial charge on any atom is 0.433 e. The molecule has 1 fully saturated rings. The van der Waals surface area contributed by atoms with Crippen LogP contribution in [0, 0.1) is 5.92 Å². The molecular weight excluding hydrogens is 403 g/mol. The second-order valence-electron chi connectivity index (χ2n) is 7.01. The molecule has 30 heavy (non-hydrogen) atoms. The zero-order chi connectivity index (χ0) is 21.3. The summed E-state index contributed by atoms with van der Waals surface area (Å²) in [5.41, 5.74) is -1.16. The second-order valence-corrected chi connectivity index (χ2v) is 7.01. The van der Waals surface area contributed by atoms with Crippen molar-refractivity contribution in [2.24, 2.45) is 5.92 Å². The minimum atomic E-state index is -4.72. The highest BCUT2D eigenvalue weighted by molar-refractivity contribution is 6.05. The normalized spacial score (nSPS) is 15.4. The number of ether oxygens (including phenoxy) is 1. The average Bonchev–Trinajstić information content (AvgIpc) is 3.16. The predicted molar refractivity (Wildman–Crippen MR) is 101 cm³/mol. The van der Waals surface area contributed by atoms with Crippen molar-refractivity contribution in [2.75, 3.05) is 25.1 Å². The molecular formula is C19H18F3N5O3. The fraction of sp³-hybridized carbons (Fsp3) is 0.368. The van der Waals surface area contributed by atoms with Gasteiger partial charge in [0, 0.05) is 37.7 Å². The zero-order valence-corrected chi connectivity index (χ0v) is 15.7. The van der Waals surface area contributed by atoms with Gasteiger partial charge in [0.1, 0.15) is 17.2 Å². The van der Waals surface area contributed by atoms with E-state index in [4.69, 9.17) is 4.74 Å². The molecule has 0 aliphatic carbocycles. The van der Waals surface area contributed by atoms with Crippen LogP contribution in [0.3, 0.4) is 0 Å². The van der Waals surface area contributed by atoms with Crippen LogP contribution in [0.4, 0.5) is 19.0 Å². The molecule has 0 radical (unpaired) electrons. The van der Waals surface area contributed by atoms with Crippen molar-refractivity contribution in [2.45, 2.75) is 19.0 Å². The van der Waals surface area contributed by atoms with Gasteiger partial charge in [-0.15, -0.1) is 0 Å². The summed E-state index contributed by atoms with van der Waals surface area (Å²) in [6.45, 7) is 1.97. The SMILES string of the molecule is O=C(O)c1cnc(C(F)(F)F)cc1-c1n[nH]c2ccnc(NCC3CCOCC3)c12. The number of carbonyl (C=O) groups is 1. The van der Waals surface area contributed by atoms with Gasteiger partial charge in [0.2, 0.25) is 0 Å². The van der Waals surface area contributed by atoms with Crippen LogP contribution in [0.1, 0.15) is 28.9 Å². The van der Waals surface area contributed by atoms with E-state index in [2.05, 4.69) is 25.5 Å². The fourth-order valence-electron chi connectivity index (χ4n) is 3.46. The third-order valence-corrected chi connectivity index (χ3v) is 5.05. The number of nitrogens with one attached hydrogen (secondary N) is 2. The summed E-state index contributed by atoms with van der Waals surface area (Å²) in [4.78, 5) is 19.2. The molecule has 4 rings (SSSR count). The monoisotopic (exact) mass is 421 g/mol. The Hall–Kier alpha value is -3.21. The molecule has 11 heteroatoms. The third-order valence-electron chi connectivity index (χ3n) is 5.05. The lowest BCUT2D eigenvalue weighted by Crippen LogP contribution is -2.23. The lowest BCUT2D eigenvalue weighted by atomic mass is 10.00. The molecule has 3 aromatic rings. The number of anilines is 1. The quantitative estimate of drug-likeness (QED) is 0.577. The number of hydrogen-bond acceptors (Lipinski definition) is 6. The highest BCUT2D eigenvalue weighted by Gasteiger charge is 2.34. The minimum Gasteiger partial charge on any atom is -0.478 e. The van der Waals surface area contributed by atoms with Crippen molar-refractivity contribution in [3.05, 3.63) is 35.8 Å². The fourth-order valence-corrected chi connectivity index (χ4v) is 3.46. The maximum absolute atomic E-state index is 13.2. The van der Waals surface area contributed by atoms with Gasteiger partial charge < -0.3 is 15.2 Å². The Bertz CT molecular complexity index is 1080. The number of aromatic amines is 1. The van der Waals surface area contributed by atoms with Crippen molar-refractivity contribution in [1.29, 1.82) is 0 Å². The number of fused-ring (bicyclic) bond motifs is 1. The van der Waals surface area contributed by atoms with Gasteiger partial charge in [-0.25, -0.2) is 9.78 Å². The largest absolute Gasteiger partial charge is 0.478 e. The van der Waals surface area contributed by atoms with Crippen LogP contribution in [-0.4, -0.2) is 51.0 Å². The van der Waals surface area contributed by atoms with Crippen molar-refractivity contribution in [1.82, 2.24) is 20.2 Å². The number of rotatable bonds is 5. The first-order valence-corrected chi connectivity index (χ1v) is 9.30. The topological polar surface area (TPSA) is 113 Å². The Kier molecular flexibility index (Phi) is 5.29. The molecule has 1 aliphatic rings. The highest BCUT2D eigenvalue weighted by Crippen LogP contribution is 2.36. The summed E-state index contributed by atoms with van der Waals surface area (Å²) in [7, 11) is 0. The van der Waals surface area contributed by atoms with E-state index in [1.807, 2.05) is 0 Å². The van der Waals surface area contributed by atoms with Gasteiger partial charge >= 0.3 is 12.1 Å². The molecule has 0 unspecified atom stereocenters. The van der Waals surface area contributed by atoms with E-state index in [-0.39, 0.29) is 16.8 Å². The van der Waals surface area contributed by atoms with Crippen LogP contribution in [0.25, 0.3) is 22.2 Å². The number of nitrogens with zero attached hydrogens (tertiary/aromatic N) is 3. The van der Waals surface area contributed by atoms with Gasteiger partial charge in [0.05, 0.1) is 16.5 Å². The number of halogens is 3. The van der Waals surface area contributed by atoms with Crippen LogP contribution < -0.4 is 5.32 Å². The molecule has 0 amide bonds. The number of aromatic nitrogens is 4. The van der Waals surface area contributed by atoms with E-state index in [9.17, 15) is 23.1 Å². The summed E-state index contributed by atoms with van der Waals surface area (Å²) in [5, 5.41) is 20.0. The molecule has 0 bridgehead atoms. The van der Waals surface area contributed by atoms with E-state index in [0.717, 1.165) is 12.8 Å². The highest BCUT2D eigenvalue weighted by atomic mass is 19.4. The molecule has 8 nitrogen and oxygen atoms in total. The molecule has 1 aliphatic heterocycles. The van der Waals surface area contributed by atoms with Crippen molar-refractivity contribution < 1.29 is 27.8 Å². The van der Waals surface area contributed by atoms with Crippen molar-refractivity contribution >= 4 is 22.7 Å². The average molecular weight is 421 g/mol. The van der Waals surface area contributed by atoms with Gasteiger partial charge in [-0.3, -0.25) is 10.1 Å². The summed E-state index contributed by atoms with van der Waals surface area (Å²) >= 11 is 0. The molecule has 158 valence electrons. The van der Waals surface area contributed by atoms with E-state index >= 15 is 0 Å². The first-order chi connectivity index (χ1) is 14.3. The van der Waals surface area contributed by atoms with Crippen LogP contribution >= 0.6 is 0 Å². The molecule has 0 atom stereocenters. The standard InChI is InChI=1S/C19H18F3N5O3/c20-19(21,22)14-7-11(12(9-24-14)18(28)29)16-15-13(26-27-16)1-4-23-17(15)25-8-10-2-5-30-6-3-10/h1,4,7,9-10H,2-3,5-6,8H2,(H,23,25)(H,26,27)(H,28,29). The lowest BCUT2D eigenvalue weighted by molar-refractivity contribution is -0.141. The summed E-state index contributed by atoms with van der Waals surface area (Å²) in [5.74, 6) is -0.606. The van der Waals surface area contributed by atoms with Gasteiger partial charge in [0.25, 0.3) is 0 Å². The van der Waals surface area contributed by atoms with Crippen molar-refractivity contribution in [3.63, 3.8) is 0 Å². The number of aromatic carboxylic acids is 1. The van der Waals surface area contributed by atoms with E-state index in [1.165, 1.54) is 0 Å². The molecule has 1 saturated heterocycles. The predicted octanol–water partition coefficient (Wildman–Crippen LogP) is 3.58. The van der Waals surface area contributed by atoms with Crippen LogP contribution in [0.15, 0.2) is 24.5 Å². The van der Waals surface area contributed by atoms with E-state index in [0.29, 0.717) is 54.7 Å². The maximum atomic E-state index is 13.2. The van der Waals surface area contributed by atoms with Crippen molar-refractivity contribution in [3.8, 4) is 11.3 Å². The Balaban J connectivity index is 1.78. The molecule has 3 aromatic heterocycles. The van der Waals surface area contributed by atoms with Gasteiger partial charge in [-0.05, 0) is 30.9 Å². The molecule has 4 heterocycles. The Morgan fingerprint density at radius 3 is 2.77 bits per heavy atom. The molecule has 0 spiro atoms. The van der Waals surface area contributed by atoms with Crippen LogP contribution in [-0.2, 0) is 10.9 Å². The first kappa shape index (κ1) is 20.1. The number of carboxylic acid groups (broad SMARTS) is 1. The van der Waals surface area contributed by atoms with Gasteiger partial charge in [-0.1, -0.05) is 0 Å². The first-order valence-electron chi connectivity index (χ1n) is 9.30. The Labute approximate surface area is 168 Å². The molecule has 0 saturated carbocycles. The summed E-state index contributed by atoms with van der Waals surface area (Å²) in [6, 6.07) is 2.33. The zero-order valence-electron chi connectivity index (χ0n) is 15.7. The number of alkyl halides is 3. The van der Waals surface area contributed by atoms with E-state index < -0.39 is 17.8 Å². The smallest absolute Gasteiger partial charge is 0.433 e. The third kappa shape index (κ3) is 3.92. The number of H-pyrrole nitrogens is 1. The molecule has 3 N–H and O–H groups in total. The van der Waals surface area contributed by atoms with Crippen LogP contribution in [0.5, 0.6) is 0 Å². The summed E-state index contributed by atoms with van der Waals surface area (Å²) < 4.78 is 44.9. The lowest BCUT2D eigenvalue weighted by Gasteiger charge is -2.22. The number of carboxylic acids is 1.